The molecule has 1 rings (SSSR count). The van der Waals surface area contributed by atoms with Crippen LogP contribution in [0.15, 0.2) is 23.1 Å². The average molecular weight is 167 g/mol. The van der Waals surface area contributed by atoms with E-state index in [2.05, 4.69) is 0 Å². The highest BCUT2D eigenvalue weighted by Gasteiger charge is 1.90. The fraction of sp³-hybridized carbons (Fsp3) is 0.500. The summed E-state index contributed by atoms with van der Waals surface area (Å²) in [5.41, 5.74) is 1.11. The minimum absolute atomic E-state index is 0.0856. The molecule has 0 fully saturated rings. The second kappa shape index (κ2) is 5.58. The highest BCUT2D eigenvalue weighted by atomic mass is 16.1. The zero-order valence-electron chi connectivity index (χ0n) is 8.29. The third-order valence-corrected chi connectivity index (χ3v) is 1.49. The molecule has 0 unspecified atom stereocenters. The Bertz CT molecular complexity index is 275. The summed E-state index contributed by atoms with van der Waals surface area (Å²) in [4.78, 5) is 11.0. The molecule has 68 valence electrons. The zero-order valence-corrected chi connectivity index (χ0v) is 8.29. The molecule has 0 aromatic carbocycles. The first kappa shape index (κ1) is 11.0. The van der Waals surface area contributed by atoms with Crippen LogP contribution in [0.25, 0.3) is 0 Å². The van der Waals surface area contributed by atoms with E-state index in [1.165, 1.54) is 0 Å². The third-order valence-electron chi connectivity index (χ3n) is 1.49. The first-order valence-electron chi connectivity index (χ1n) is 4.41. The Balaban J connectivity index is 0.000000561. The van der Waals surface area contributed by atoms with Gasteiger partial charge < -0.3 is 4.57 Å². The molecule has 2 nitrogen and oxygen atoms in total. The van der Waals surface area contributed by atoms with Crippen molar-refractivity contribution >= 4 is 0 Å². The number of hydrogen-bond donors (Lipinski definition) is 0. The van der Waals surface area contributed by atoms with Gasteiger partial charge in [-0.1, -0.05) is 13.8 Å². The van der Waals surface area contributed by atoms with Crippen LogP contribution < -0.4 is 5.56 Å². The number of aromatic nitrogens is 1. The van der Waals surface area contributed by atoms with E-state index in [0.717, 1.165) is 12.1 Å². The summed E-state index contributed by atoms with van der Waals surface area (Å²) in [5, 5.41) is 0. The Morgan fingerprint density at radius 2 is 2.00 bits per heavy atom. The highest BCUT2D eigenvalue weighted by molar-refractivity contribution is 5.07. The first-order chi connectivity index (χ1) is 5.74. The SMILES string of the molecule is CC.CCn1ccc(C)cc1=O. The van der Waals surface area contributed by atoms with Gasteiger partial charge in [-0.05, 0) is 25.5 Å². The molecule has 1 heterocycles. The van der Waals surface area contributed by atoms with E-state index >= 15 is 0 Å². The van der Waals surface area contributed by atoms with Crippen LogP contribution in [0.1, 0.15) is 26.3 Å². The second-order valence-electron chi connectivity index (χ2n) is 2.33. The molecular formula is C10H17NO. The Morgan fingerprint density at radius 1 is 1.42 bits per heavy atom. The van der Waals surface area contributed by atoms with Crippen LogP contribution in [0, 0.1) is 6.92 Å². The van der Waals surface area contributed by atoms with Crippen LogP contribution in [0.3, 0.4) is 0 Å². The number of aryl methyl sites for hydroxylation is 2. The van der Waals surface area contributed by atoms with Crippen LogP contribution in [-0.4, -0.2) is 4.57 Å². The quantitative estimate of drug-likeness (QED) is 0.628. The first-order valence-corrected chi connectivity index (χ1v) is 4.41. The maximum Gasteiger partial charge on any atom is 0.250 e. The van der Waals surface area contributed by atoms with Gasteiger partial charge in [0.2, 0.25) is 0 Å². The van der Waals surface area contributed by atoms with Crippen LogP contribution >= 0.6 is 0 Å². The van der Waals surface area contributed by atoms with E-state index in [4.69, 9.17) is 0 Å². The lowest BCUT2D eigenvalue weighted by atomic mass is 10.3. The molecule has 0 atom stereocenters. The van der Waals surface area contributed by atoms with Crippen molar-refractivity contribution in [3.63, 3.8) is 0 Å². The van der Waals surface area contributed by atoms with Gasteiger partial charge in [0.25, 0.3) is 5.56 Å². The minimum Gasteiger partial charge on any atom is -0.316 e. The van der Waals surface area contributed by atoms with Gasteiger partial charge in [0.15, 0.2) is 0 Å². The number of rotatable bonds is 1. The summed E-state index contributed by atoms with van der Waals surface area (Å²) in [6.07, 6.45) is 1.82. The number of nitrogens with zero attached hydrogens (tertiary/aromatic N) is 1. The van der Waals surface area contributed by atoms with Crippen LogP contribution in [-0.2, 0) is 6.54 Å². The monoisotopic (exact) mass is 167 g/mol. The van der Waals surface area contributed by atoms with Crippen LogP contribution in [0.5, 0.6) is 0 Å². The van der Waals surface area contributed by atoms with Crippen LogP contribution in [0.4, 0.5) is 0 Å². The smallest absolute Gasteiger partial charge is 0.250 e. The largest absolute Gasteiger partial charge is 0.316 e. The molecule has 0 bridgehead atoms. The minimum atomic E-state index is 0.0856. The standard InChI is InChI=1S/C8H11NO.C2H6/c1-3-9-5-4-7(2)6-8(9)10;1-2/h4-6H,3H2,1-2H3;1-2H3. The van der Waals surface area contributed by atoms with Gasteiger partial charge in [-0.3, -0.25) is 4.79 Å². The predicted octanol–water partition coefficient (Wildman–Crippen LogP) is 2.20. The van der Waals surface area contributed by atoms with Crippen molar-refractivity contribution < 1.29 is 0 Å². The maximum absolute atomic E-state index is 11.0. The van der Waals surface area contributed by atoms with E-state index in [1.54, 1.807) is 10.6 Å². The maximum atomic E-state index is 11.0. The molecule has 0 saturated heterocycles. The van der Waals surface area contributed by atoms with Gasteiger partial charge in [0.1, 0.15) is 0 Å². The van der Waals surface area contributed by atoms with E-state index in [-0.39, 0.29) is 5.56 Å². The van der Waals surface area contributed by atoms with Crippen LogP contribution in [0.2, 0.25) is 0 Å². The van der Waals surface area contributed by atoms with Gasteiger partial charge >= 0.3 is 0 Å². The zero-order chi connectivity index (χ0) is 9.56. The molecule has 1 aromatic rings. The predicted molar refractivity (Wildman–Crippen MR) is 52.5 cm³/mol. The molecule has 2 heteroatoms. The molecule has 0 saturated carbocycles. The molecule has 0 radical (unpaired) electrons. The summed E-state index contributed by atoms with van der Waals surface area (Å²) in [7, 11) is 0. The number of hydrogen-bond acceptors (Lipinski definition) is 1. The highest BCUT2D eigenvalue weighted by Crippen LogP contribution is 1.89. The fourth-order valence-electron chi connectivity index (χ4n) is 0.868. The average Bonchev–Trinajstić information content (AvgIpc) is 2.08. The summed E-state index contributed by atoms with van der Waals surface area (Å²) < 4.78 is 1.67. The van der Waals surface area contributed by atoms with E-state index < -0.39 is 0 Å². The molecule has 0 aliphatic carbocycles. The molecule has 0 spiro atoms. The van der Waals surface area contributed by atoms with Gasteiger partial charge in [-0.15, -0.1) is 0 Å². The lowest BCUT2D eigenvalue weighted by molar-refractivity contribution is 0.725. The lowest BCUT2D eigenvalue weighted by Crippen LogP contribution is -2.16. The van der Waals surface area contributed by atoms with E-state index in [0.29, 0.717) is 0 Å². The molecule has 0 aliphatic rings. The fourth-order valence-corrected chi connectivity index (χ4v) is 0.868. The molecule has 0 aliphatic heterocycles. The summed E-state index contributed by atoms with van der Waals surface area (Å²) >= 11 is 0. The van der Waals surface area contributed by atoms with E-state index in [9.17, 15) is 4.79 Å². The van der Waals surface area contributed by atoms with Crippen molar-refractivity contribution in [2.75, 3.05) is 0 Å². The summed E-state index contributed by atoms with van der Waals surface area (Å²) in [6, 6.07) is 3.58. The van der Waals surface area contributed by atoms with Gasteiger partial charge in [-0.2, -0.15) is 0 Å². The molecule has 0 N–H and O–H groups in total. The van der Waals surface area contributed by atoms with Crippen molar-refractivity contribution in [2.24, 2.45) is 0 Å². The molecule has 12 heavy (non-hydrogen) atoms. The van der Waals surface area contributed by atoms with Gasteiger partial charge in [0, 0.05) is 18.8 Å². The molecular weight excluding hydrogens is 150 g/mol. The third kappa shape index (κ3) is 2.91. The van der Waals surface area contributed by atoms with Crippen molar-refractivity contribution in [3.8, 4) is 0 Å². The summed E-state index contributed by atoms with van der Waals surface area (Å²) in [5.74, 6) is 0. The number of pyridine rings is 1. The van der Waals surface area contributed by atoms with Crippen molar-refractivity contribution in [1.29, 1.82) is 0 Å². The Kier molecular flexibility index (Phi) is 5.09. The topological polar surface area (TPSA) is 22.0 Å². The van der Waals surface area contributed by atoms with E-state index in [1.807, 2.05) is 40.0 Å². The Hall–Kier alpha value is -1.05. The van der Waals surface area contributed by atoms with Gasteiger partial charge in [0.05, 0.1) is 0 Å². The van der Waals surface area contributed by atoms with Crippen molar-refractivity contribution in [2.45, 2.75) is 34.2 Å². The van der Waals surface area contributed by atoms with Crippen molar-refractivity contribution in [3.05, 3.63) is 34.2 Å². The molecule has 0 amide bonds. The lowest BCUT2D eigenvalue weighted by Gasteiger charge is -1.99. The second-order valence-corrected chi connectivity index (χ2v) is 2.33. The van der Waals surface area contributed by atoms with Crippen molar-refractivity contribution in [1.82, 2.24) is 4.57 Å². The normalized spacial score (nSPS) is 8.67. The molecule has 1 aromatic heterocycles. The Labute approximate surface area is 73.9 Å². The van der Waals surface area contributed by atoms with Gasteiger partial charge in [-0.25, -0.2) is 0 Å². The summed E-state index contributed by atoms with van der Waals surface area (Å²) in [6.45, 7) is 8.62. The Morgan fingerprint density at radius 3 is 2.42 bits per heavy atom.